The van der Waals surface area contributed by atoms with Crippen LogP contribution in [0.25, 0.3) is 22.3 Å². The van der Waals surface area contributed by atoms with E-state index in [1.54, 1.807) is 6.07 Å². The largest absolute Gasteiger partial charge is 0.507 e. The molecule has 0 fully saturated rings. The molecule has 3 rings (SSSR count). The quantitative estimate of drug-likeness (QED) is 0.627. The third kappa shape index (κ3) is 2.14. The summed E-state index contributed by atoms with van der Waals surface area (Å²) in [6.45, 7) is 6.13. The van der Waals surface area contributed by atoms with Crippen molar-refractivity contribution in [3.8, 4) is 17.1 Å². The van der Waals surface area contributed by atoms with Gasteiger partial charge in [-0.2, -0.15) is 0 Å². The fraction of sp³-hybridized carbons (Fsp3) is 0.167. The molecule has 0 radical (unpaired) electrons. The van der Waals surface area contributed by atoms with E-state index in [1.165, 1.54) is 5.56 Å². The van der Waals surface area contributed by atoms with Gasteiger partial charge in [0.1, 0.15) is 11.3 Å². The van der Waals surface area contributed by atoms with E-state index in [0.717, 1.165) is 27.7 Å². The van der Waals surface area contributed by atoms with Gasteiger partial charge in [-0.1, -0.05) is 6.07 Å². The van der Waals surface area contributed by atoms with Crippen LogP contribution in [0.15, 0.2) is 46.9 Å². The van der Waals surface area contributed by atoms with Gasteiger partial charge in [0, 0.05) is 12.1 Å². The fourth-order valence-corrected chi connectivity index (χ4v) is 2.44. The molecule has 0 saturated carbocycles. The van der Waals surface area contributed by atoms with E-state index in [4.69, 9.17) is 4.42 Å². The summed E-state index contributed by atoms with van der Waals surface area (Å²) in [7, 11) is 0. The second-order valence-electron chi connectivity index (χ2n) is 5.31. The summed E-state index contributed by atoms with van der Waals surface area (Å²) < 4.78 is 5.96. The zero-order valence-electron chi connectivity index (χ0n) is 11.9. The molecule has 0 atom stereocenters. The van der Waals surface area contributed by atoms with Gasteiger partial charge in [-0.25, -0.2) is 4.42 Å². The molecule has 1 heterocycles. The van der Waals surface area contributed by atoms with Gasteiger partial charge in [-0.05, 0) is 61.7 Å². The SMILES string of the molecule is Cc1ccc(O)c(-c2cc(C)c3cc(C)ccc3[o+]2)c1. The van der Waals surface area contributed by atoms with Crippen LogP contribution < -0.4 is 0 Å². The Labute approximate surface area is 118 Å². The van der Waals surface area contributed by atoms with Crippen LogP contribution >= 0.6 is 0 Å². The van der Waals surface area contributed by atoms with Crippen LogP contribution in [-0.2, 0) is 0 Å². The molecule has 3 aromatic rings. The van der Waals surface area contributed by atoms with Crippen LogP contribution in [0.1, 0.15) is 16.7 Å². The van der Waals surface area contributed by atoms with Gasteiger partial charge >= 0.3 is 11.3 Å². The second-order valence-corrected chi connectivity index (χ2v) is 5.31. The van der Waals surface area contributed by atoms with Crippen LogP contribution in [0.3, 0.4) is 0 Å². The van der Waals surface area contributed by atoms with Crippen LogP contribution in [0, 0.1) is 20.8 Å². The highest BCUT2D eigenvalue weighted by Gasteiger charge is 2.20. The molecule has 0 aliphatic rings. The van der Waals surface area contributed by atoms with E-state index in [1.807, 2.05) is 37.3 Å². The maximum atomic E-state index is 10.0. The number of hydrogen-bond donors (Lipinski definition) is 1. The summed E-state index contributed by atoms with van der Waals surface area (Å²) in [6.07, 6.45) is 0. The average molecular weight is 265 g/mol. The van der Waals surface area contributed by atoms with E-state index in [0.29, 0.717) is 5.76 Å². The van der Waals surface area contributed by atoms with Gasteiger partial charge in [0.25, 0.3) is 0 Å². The zero-order chi connectivity index (χ0) is 14.3. The molecule has 2 aromatic carbocycles. The molecule has 0 bridgehead atoms. The fourth-order valence-electron chi connectivity index (χ4n) is 2.44. The predicted molar refractivity (Wildman–Crippen MR) is 81.9 cm³/mol. The van der Waals surface area contributed by atoms with Crippen molar-refractivity contribution in [3.05, 3.63) is 59.2 Å². The maximum absolute atomic E-state index is 10.0. The Balaban J connectivity index is 2.27. The van der Waals surface area contributed by atoms with Gasteiger partial charge < -0.3 is 5.11 Å². The Morgan fingerprint density at radius 1 is 0.850 bits per heavy atom. The minimum atomic E-state index is 0.241. The van der Waals surface area contributed by atoms with Gasteiger partial charge in [-0.15, -0.1) is 0 Å². The summed E-state index contributed by atoms with van der Waals surface area (Å²) in [5, 5.41) is 11.1. The molecule has 0 aliphatic carbocycles. The van der Waals surface area contributed by atoms with Crippen molar-refractivity contribution in [2.24, 2.45) is 0 Å². The van der Waals surface area contributed by atoms with E-state index >= 15 is 0 Å². The first-order valence-corrected chi connectivity index (χ1v) is 6.69. The first-order chi connectivity index (χ1) is 9.54. The minimum Gasteiger partial charge on any atom is -0.507 e. The van der Waals surface area contributed by atoms with E-state index in [2.05, 4.69) is 19.9 Å². The summed E-state index contributed by atoms with van der Waals surface area (Å²) in [5.74, 6) is 0.935. The van der Waals surface area contributed by atoms with Crippen molar-refractivity contribution >= 4 is 11.0 Å². The van der Waals surface area contributed by atoms with Crippen LogP contribution in [-0.4, -0.2) is 5.11 Å². The summed E-state index contributed by atoms with van der Waals surface area (Å²) >= 11 is 0. The molecular weight excluding hydrogens is 248 g/mol. The van der Waals surface area contributed by atoms with Crippen LogP contribution in [0.5, 0.6) is 5.75 Å². The first kappa shape index (κ1) is 12.7. The number of fused-ring (bicyclic) bond motifs is 1. The Hall–Kier alpha value is -2.35. The number of phenolic OH excluding ortho intramolecular Hbond substituents is 1. The molecule has 1 N–H and O–H groups in total. The third-order valence-corrected chi connectivity index (χ3v) is 3.54. The van der Waals surface area contributed by atoms with E-state index in [9.17, 15) is 5.11 Å². The zero-order valence-corrected chi connectivity index (χ0v) is 11.9. The lowest BCUT2D eigenvalue weighted by molar-refractivity contribution is 0.474. The number of aryl methyl sites for hydroxylation is 3. The highest BCUT2D eigenvalue weighted by Crippen LogP contribution is 2.33. The Morgan fingerprint density at radius 2 is 1.55 bits per heavy atom. The van der Waals surface area contributed by atoms with Gasteiger partial charge in [0.15, 0.2) is 0 Å². The number of hydrogen-bond acceptors (Lipinski definition) is 1. The minimum absolute atomic E-state index is 0.241. The number of rotatable bonds is 1. The summed E-state index contributed by atoms with van der Waals surface area (Å²) in [6, 6.07) is 13.6. The lowest BCUT2D eigenvalue weighted by Crippen LogP contribution is -1.86. The van der Waals surface area contributed by atoms with Gasteiger partial charge in [0.05, 0.1) is 5.39 Å². The van der Waals surface area contributed by atoms with Crippen molar-refractivity contribution in [2.75, 3.05) is 0 Å². The number of aromatic hydroxyl groups is 1. The molecule has 2 heteroatoms. The topological polar surface area (TPSA) is 31.5 Å². The third-order valence-electron chi connectivity index (χ3n) is 3.54. The highest BCUT2D eigenvalue weighted by molar-refractivity contribution is 5.83. The molecule has 0 unspecified atom stereocenters. The summed E-state index contributed by atoms with van der Waals surface area (Å²) in [4.78, 5) is 0. The van der Waals surface area contributed by atoms with Crippen molar-refractivity contribution in [3.63, 3.8) is 0 Å². The smallest absolute Gasteiger partial charge is 0.364 e. The normalized spacial score (nSPS) is 10.9. The maximum Gasteiger partial charge on any atom is 0.364 e. The number of phenols is 1. The average Bonchev–Trinajstić information content (AvgIpc) is 2.42. The molecule has 0 saturated heterocycles. The van der Waals surface area contributed by atoms with Crippen LogP contribution in [0.2, 0.25) is 0 Å². The molecule has 20 heavy (non-hydrogen) atoms. The van der Waals surface area contributed by atoms with Crippen molar-refractivity contribution in [1.29, 1.82) is 0 Å². The van der Waals surface area contributed by atoms with Gasteiger partial charge in [0.2, 0.25) is 0 Å². The Morgan fingerprint density at radius 3 is 2.35 bits per heavy atom. The Kier molecular flexibility index (Phi) is 2.94. The van der Waals surface area contributed by atoms with Gasteiger partial charge in [-0.3, -0.25) is 0 Å². The predicted octanol–water partition coefficient (Wildman–Crippen LogP) is 5.01. The molecule has 1 aromatic heterocycles. The van der Waals surface area contributed by atoms with E-state index < -0.39 is 0 Å². The highest BCUT2D eigenvalue weighted by atomic mass is 16.3. The second kappa shape index (κ2) is 4.64. The lowest BCUT2D eigenvalue weighted by Gasteiger charge is -2.01. The van der Waals surface area contributed by atoms with Crippen molar-refractivity contribution in [2.45, 2.75) is 20.8 Å². The molecule has 0 aliphatic heterocycles. The molecule has 0 spiro atoms. The standard InChI is InChI=1S/C18H16O2/c1-11-4-6-16(19)15(9-11)18-10-13(3)14-8-12(2)5-7-17(14)20-18/h4-10H,1-3H3/p+1. The monoisotopic (exact) mass is 265 g/mol. The van der Waals surface area contributed by atoms with Crippen LogP contribution in [0.4, 0.5) is 0 Å². The molecular formula is C18H17O2+. The van der Waals surface area contributed by atoms with E-state index in [-0.39, 0.29) is 5.75 Å². The Bertz CT molecular complexity index is 804. The van der Waals surface area contributed by atoms with Crippen molar-refractivity contribution < 1.29 is 9.52 Å². The summed E-state index contributed by atoms with van der Waals surface area (Å²) in [5.41, 5.74) is 5.02. The molecule has 100 valence electrons. The molecule has 2 nitrogen and oxygen atoms in total. The first-order valence-electron chi connectivity index (χ1n) is 6.69. The lowest BCUT2D eigenvalue weighted by atomic mass is 10.0. The molecule has 0 amide bonds. The number of benzene rings is 2. The van der Waals surface area contributed by atoms with Crippen molar-refractivity contribution in [1.82, 2.24) is 0 Å².